The van der Waals surface area contributed by atoms with Crippen LogP contribution in [0.15, 0.2) is 0 Å². The van der Waals surface area contributed by atoms with E-state index >= 15 is 0 Å². The maximum Gasteiger partial charge on any atom is 0.0491 e. The highest BCUT2D eigenvalue weighted by Gasteiger charge is 2.20. The Balaban J connectivity index is 2.20. The maximum absolute atomic E-state index is 8.93. The Morgan fingerprint density at radius 2 is 2.12 bits per heavy atom. The Morgan fingerprint density at radius 1 is 1.44 bits per heavy atom. The average molecular weight is 230 g/mol. The molecule has 1 atom stereocenters. The van der Waals surface area contributed by atoms with Crippen molar-refractivity contribution in [1.82, 2.24) is 10.2 Å². The molecule has 1 unspecified atom stereocenters. The molecule has 4 heteroatoms. The monoisotopic (exact) mass is 230 g/mol. The van der Waals surface area contributed by atoms with Crippen LogP contribution in [0.3, 0.4) is 0 Å². The zero-order valence-electron chi connectivity index (χ0n) is 10.6. The summed E-state index contributed by atoms with van der Waals surface area (Å²) in [6.45, 7) is 4.55. The first-order valence-electron chi connectivity index (χ1n) is 6.29. The van der Waals surface area contributed by atoms with Gasteiger partial charge in [-0.3, -0.25) is 0 Å². The lowest BCUT2D eigenvalue weighted by Gasteiger charge is -2.33. The number of likely N-dealkylation sites (N-methyl/N-ethyl adjacent to an activating group) is 1. The number of hydrogen-bond acceptors (Lipinski definition) is 4. The van der Waals surface area contributed by atoms with E-state index in [0.29, 0.717) is 6.04 Å². The van der Waals surface area contributed by atoms with E-state index in [2.05, 4.69) is 10.2 Å². The molecule has 0 radical (unpaired) electrons. The molecule has 1 heterocycles. The molecule has 0 aromatic carbocycles. The number of ether oxygens (including phenoxy) is 1. The van der Waals surface area contributed by atoms with Gasteiger partial charge < -0.3 is 20.1 Å². The highest BCUT2D eigenvalue weighted by atomic mass is 16.5. The summed E-state index contributed by atoms with van der Waals surface area (Å²) in [7, 11) is 3.75. The van der Waals surface area contributed by atoms with Crippen LogP contribution in [0.4, 0.5) is 0 Å². The van der Waals surface area contributed by atoms with E-state index in [1.807, 2.05) is 7.05 Å². The van der Waals surface area contributed by atoms with E-state index in [1.165, 1.54) is 12.8 Å². The van der Waals surface area contributed by atoms with Gasteiger partial charge in [-0.1, -0.05) is 0 Å². The summed E-state index contributed by atoms with van der Waals surface area (Å²) in [5.41, 5.74) is 0. The SMILES string of the molecule is CNC(CCO)CN1CCC(COC)CC1. The van der Waals surface area contributed by atoms with E-state index in [1.54, 1.807) is 7.11 Å². The molecule has 96 valence electrons. The quantitative estimate of drug-likeness (QED) is 0.661. The minimum atomic E-state index is 0.269. The van der Waals surface area contributed by atoms with Gasteiger partial charge in [0.25, 0.3) is 0 Å². The van der Waals surface area contributed by atoms with Gasteiger partial charge in [-0.15, -0.1) is 0 Å². The molecular weight excluding hydrogens is 204 g/mol. The van der Waals surface area contributed by atoms with Crippen molar-refractivity contribution < 1.29 is 9.84 Å². The van der Waals surface area contributed by atoms with E-state index in [9.17, 15) is 0 Å². The Bertz CT molecular complexity index is 170. The van der Waals surface area contributed by atoms with Crippen LogP contribution in [0.25, 0.3) is 0 Å². The van der Waals surface area contributed by atoms with E-state index in [0.717, 1.165) is 38.6 Å². The summed E-state index contributed by atoms with van der Waals surface area (Å²) < 4.78 is 5.19. The van der Waals surface area contributed by atoms with Crippen molar-refractivity contribution in [3.05, 3.63) is 0 Å². The summed E-state index contributed by atoms with van der Waals surface area (Å²) in [6, 6.07) is 0.420. The van der Waals surface area contributed by atoms with Crippen LogP contribution in [0, 0.1) is 5.92 Å². The molecule has 1 fully saturated rings. The van der Waals surface area contributed by atoms with Crippen molar-refractivity contribution in [3.8, 4) is 0 Å². The molecule has 0 aromatic rings. The second kappa shape index (κ2) is 8.01. The largest absolute Gasteiger partial charge is 0.396 e. The van der Waals surface area contributed by atoms with Gasteiger partial charge in [0.2, 0.25) is 0 Å². The number of aliphatic hydroxyl groups is 1. The number of hydrogen-bond donors (Lipinski definition) is 2. The number of piperidine rings is 1. The van der Waals surface area contributed by atoms with Crippen LogP contribution in [-0.2, 0) is 4.74 Å². The second-order valence-electron chi connectivity index (χ2n) is 4.70. The molecule has 0 aromatic heterocycles. The Morgan fingerprint density at radius 3 is 2.62 bits per heavy atom. The molecule has 0 spiro atoms. The Hall–Kier alpha value is -0.160. The zero-order chi connectivity index (χ0) is 11.8. The van der Waals surface area contributed by atoms with E-state index in [4.69, 9.17) is 9.84 Å². The fraction of sp³-hybridized carbons (Fsp3) is 1.00. The molecule has 1 aliphatic rings. The van der Waals surface area contributed by atoms with Gasteiger partial charge >= 0.3 is 0 Å². The Labute approximate surface area is 99.0 Å². The fourth-order valence-electron chi connectivity index (χ4n) is 2.37. The fourth-order valence-corrected chi connectivity index (χ4v) is 2.37. The van der Waals surface area contributed by atoms with Gasteiger partial charge in [-0.2, -0.15) is 0 Å². The van der Waals surface area contributed by atoms with Gasteiger partial charge in [-0.05, 0) is 45.3 Å². The van der Waals surface area contributed by atoms with Crippen molar-refractivity contribution in [2.24, 2.45) is 5.92 Å². The number of nitrogens with one attached hydrogen (secondary N) is 1. The predicted octanol–water partition coefficient (Wildman–Crippen LogP) is 0.315. The number of rotatable bonds is 7. The second-order valence-corrected chi connectivity index (χ2v) is 4.70. The first-order valence-corrected chi connectivity index (χ1v) is 6.29. The van der Waals surface area contributed by atoms with E-state index in [-0.39, 0.29) is 6.61 Å². The Kier molecular flexibility index (Phi) is 6.96. The molecular formula is C12H26N2O2. The lowest BCUT2D eigenvalue weighted by atomic mass is 9.97. The molecule has 1 rings (SSSR count). The highest BCUT2D eigenvalue weighted by Crippen LogP contribution is 2.17. The predicted molar refractivity (Wildman–Crippen MR) is 65.6 cm³/mol. The lowest BCUT2D eigenvalue weighted by molar-refractivity contribution is 0.0937. The van der Waals surface area contributed by atoms with Gasteiger partial charge in [-0.25, -0.2) is 0 Å². The third-order valence-corrected chi connectivity index (χ3v) is 3.47. The molecule has 2 N–H and O–H groups in total. The average Bonchev–Trinajstić information content (AvgIpc) is 2.31. The van der Waals surface area contributed by atoms with Crippen molar-refractivity contribution in [3.63, 3.8) is 0 Å². The molecule has 0 bridgehead atoms. The molecule has 1 aliphatic heterocycles. The summed E-state index contributed by atoms with van der Waals surface area (Å²) in [6.07, 6.45) is 3.32. The van der Waals surface area contributed by atoms with Gasteiger partial charge in [0.15, 0.2) is 0 Å². The van der Waals surface area contributed by atoms with Crippen LogP contribution >= 0.6 is 0 Å². The minimum absolute atomic E-state index is 0.269. The number of methoxy groups -OCH3 is 1. The van der Waals surface area contributed by atoms with Gasteiger partial charge in [0.1, 0.15) is 0 Å². The standard InChI is InChI=1S/C12H26N2O2/c1-13-12(5-8-15)9-14-6-3-11(4-7-14)10-16-2/h11-13,15H,3-10H2,1-2H3. The van der Waals surface area contributed by atoms with Crippen LogP contribution < -0.4 is 5.32 Å². The summed E-state index contributed by atoms with van der Waals surface area (Å²) in [5.74, 6) is 0.743. The smallest absolute Gasteiger partial charge is 0.0491 e. The number of likely N-dealkylation sites (tertiary alicyclic amines) is 1. The van der Waals surface area contributed by atoms with Crippen LogP contribution in [0.5, 0.6) is 0 Å². The highest BCUT2D eigenvalue weighted by molar-refractivity contribution is 4.76. The molecule has 0 aliphatic carbocycles. The summed E-state index contributed by atoms with van der Waals surface area (Å²) >= 11 is 0. The van der Waals surface area contributed by atoms with Crippen LogP contribution in [-0.4, -0.2) is 63.1 Å². The maximum atomic E-state index is 8.93. The molecule has 1 saturated heterocycles. The minimum Gasteiger partial charge on any atom is -0.396 e. The third kappa shape index (κ3) is 4.78. The van der Waals surface area contributed by atoms with Crippen LogP contribution in [0.1, 0.15) is 19.3 Å². The first kappa shape index (κ1) is 13.9. The van der Waals surface area contributed by atoms with Crippen molar-refractivity contribution in [2.75, 3.05) is 47.0 Å². The summed E-state index contributed by atoms with van der Waals surface area (Å²) in [5, 5.41) is 12.2. The van der Waals surface area contributed by atoms with Crippen LogP contribution in [0.2, 0.25) is 0 Å². The molecule has 16 heavy (non-hydrogen) atoms. The lowest BCUT2D eigenvalue weighted by Crippen LogP contribution is -2.44. The molecule has 0 saturated carbocycles. The third-order valence-electron chi connectivity index (χ3n) is 3.47. The van der Waals surface area contributed by atoms with Crippen molar-refractivity contribution >= 4 is 0 Å². The van der Waals surface area contributed by atoms with Crippen molar-refractivity contribution in [2.45, 2.75) is 25.3 Å². The molecule has 4 nitrogen and oxygen atoms in total. The molecule has 0 amide bonds. The first-order chi connectivity index (χ1) is 7.80. The number of aliphatic hydroxyl groups excluding tert-OH is 1. The number of nitrogens with zero attached hydrogens (tertiary/aromatic N) is 1. The van der Waals surface area contributed by atoms with E-state index < -0.39 is 0 Å². The normalized spacial score (nSPS) is 21.2. The van der Waals surface area contributed by atoms with Gasteiger partial charge in [0, 0.05) is 32.9 Å². The topological polar surface area (TPSA) is 44.7 Å². The van der Waals surface area contributed by atoms with Gasteiger partial charge in [0.05, 0.1) is 0 Å². The van der Waals surface area contributed by atoms with Crippen molar-refractivity contribution in [1.29, 1.82) is 0 Å². The summed E-state index contributed by atoms with van der Waals surface area (Å²) in [4.78, 5) is 2.49. The zero-order valence-corrected chi connectivity index (χ0v) is 10.6.